The molecule has 1 aromatic heterocycles. The van der Waals surface area contributed by atoms with Crippen molar-refractivity contribution in [1.29, 1.82) is 0 Å². The van der Waals surface area contributed by atoms with Crippen LogP contribution in [0.5, 0.6) is 5.75 Å². The first kappa shape index (κ1) is 20.8. The van der Waals surface area contributed by atoms with Crippen LogP contribution in [0.1, 0.15) is 59.6 Å². The summed E-state index contributed by atoms with van der Waals surface area (Å²) < 4.78 is 5.84. The maximum Gasteiger partial charge on any atom is 0.338 e. The number of fused-ring (bicyclic) bond motifs is 1. The summed E-state index contributed by atoms with van der Waals surface area (Å²) in [6, 6.07) is 11.8. The number of carbonyl (C=O) groups excluding carboxylic acids is 1. The summed E-state index contributed by atoms with van der Waals surface area (Å²) in [6.07, 6.45) is 0. The Kier molecular flexibility index (Phi) is 5.11. The van der Waals surface area contributed by atoms with E-state index in [2.05, 4.69) is 64.4 Å². The van der Waals surface area contributed by atoms with E-state index in [0.717, 1.165) is 22.2 Å². The van der Waals surface area contributed by atoms with Crippen molar-refractivity contribution in [2.45, 2.75) is 59.3 Å². The third kappa shape index (κ3) is 4.24. The quantitative estimate of drug-likeness (QED) is 0.336. The maximum absolute atomic E-state index is 12.5. The average Bonchev–Trinajstić information content (AvgIpc) is 3.03. The molecule has 0 N–H and O–H groups in total. The van der Waals surface area contributed by atoms with Crippen molar-refractivity contribution in [3.05, 3.63) is 59.7 Å². The van der Waals surface area contributed by atoms with Crippen LogP contribution in [0.4, 0.5) is 0 Å². The predicted molar refractivity (Wildman–Crippen MR) is 117 cm³/mol. The van der Waals surface area contributed by atoms with Gasteiger partial charge in [-0.2, -0.15) is 0 Å². The molecular formula is C24H29N3O2. The zero-order valence-corrected chi connectivity index (χ0v) is 18.3. The zero-order valence-electron chi connectivity index (χ0n) is 18.3. The summed E-state index contributed by atoms with van der Waals surface area (Å²) in [5.41, 5.74) is 4.24. The lowest BCUT2D eigenvalue weighted by Gasteiger charge is -2.28. The number of hydrogen-bond donors (Lipinski definition) is 0. The van der Waals surface area contributed by atoms with Crippen molar-refractivity contribution in [1.82, 2.24) is 15.0 Å². The van der Waals surface area contributed by atoms with Crippen LogP contribution in [-0.4, -0.2) is 21.0 Å². The van der Waals surface area contributed by atoms with Gasteiger partial charge in [0, 0.05) is 11.1 Å². The Labute approximate surface area is 172 Å². The minimum absolute atomic E-state index is 0.0990. The number of aromatic nitrogens is 3. The van der Waals surface area contributed by atoms with Gasteiger partial charge in [-0.1, -0.05) is 66.3 Å². The lowest BCUT2D eigenvalue weighted by molar-refractivity contribution is -0.130. The van der Waals surface area contributed by atoms with Crippen LogP contribution >= 0.6 is 0 Å². The molecular weight excluding hydrogens is 362 g/mol. The highest BCUT2D eigenvalue weighted by Gasteiger charge is 2.29. The van der Waals surface area contributed by atoms with E-state index in [1.807, 2.05) is 30.3 Å². The van der Waals surface area contributed by atoms with Crippen LogP contribution in [0.3, 0.4) is 0 Å². The molecule has 0 amide bonds. The van der Waals surface area contributed by atoms with Crippen LogP contribution in [-0.2, 0) is 15.6 Å². The Morgan fingerprint density at radius 3 is 1.97 bits per heavy atom. The zero-order chi connectivity index (χ0) is 21.6. The summed E-state index contributed by atoms with van der Waals surface area (Å²) in [6.45, 7) is 18.1. The number of rotatable bonds is 3. The number of nitrogens with zero attached hydrogens (tertiary/aromatic N) is 3. The standard InChI is InChI=1S/C24H29N3O2/c1-15(2)22(28)29-21-17(24(6,7)8)13-16(23(3,4)5)14-20(21)27-25-18-11-9-10-12-19(18)26-27/h9-14H,1H2,2-8H3. The lowest BCUT2D eigenvalue weighted by Crippen LogP contribution is -2.22. The van der Waals surface area contributed by atoms with Crippen molar-refractivity contribution in [3.8, 4) is 11.4 Å². The second-order valence-corrected chi connectivity index (χ2v) is 9.52. The van der Waals surface area contributed by atoms with E-state index in [0.29, 0.717) is 17.0 Å². The Bertz CT molecular complexity index is 1060. The van der Waals surface area contributed by atoms with Crippen LogP contribution < -0.4 is 4.74 Å². The molecule has 0 fully saturated rings. The van der Waals surface area contributed by atoms with Gasteiger partial charge in [-0.05, 0) is 41.5 Å². The second kappa shape index (κ2) is 7.14. The van der Waals surface area contributed by atoms with Gasteiger partial charge in [0.2, 0.25) is 0 Å². The van der Waals surface area contributed by atoms with Crippen molar-refractivity contribution >= 4 is 17.0 Å². The highest BCUT2D eigenvalue weighted by Crippen LogP contribution is 2.40. The number of ether oxygens (including phenoxy) is 1. The van der Waals surface area contributed by atoms with E-state index in [1.165, 1.54) is 0 Å². The highest BCUT2D eigenvalue weighted by molar-refractivity contribution is 5.89. The first-order valence-corrected chi connectivity index (χ1v) is 9.77. The molecule has 3 rings (SSSR count). The fraction of sp³-hybridized carbons (Fsp3) is 0.375. The van der Waals surface area contributed by atoms with Crippen molar-refractivity contribution in [2.24, 2.45) is 0 Å². The molecule has 152 valence electrons. The number of benzene rings is 2. The van der Waals surface area contributed by atoms with E-state index in [9.17, 15) is 4.79 Å². The van der Waals surface area contributed by atoms with E-state index < -0.39 is 5.97 Å². The fourth-order valence-electron chi connectivity index (χ4n) is 3.01. The van der Waals surface area contributed by atoms with E-state index in [-0.39, 0.29) is 10.8 Å². The summed E-state index contributed by atoms with van der Waals surface area (Å²) in [5.74, 6) is 0.00998. The molecule has 3 aromatic rings. The minimum atomic E-state index is -0.461. The molecule has 0 aliphatic heterocycles. The van der Waals surface area contributed by atoms with Gasteiger partial charge >= 0.3 is 5.97 Å². The molecule has 0 aliphatic carbocycles. The fourth-order valence-corrected chi connectivity index (χ4v) is 3.01. The molecule has 0 atom stereocenters. The van der Waals surface area contributed by atoms with Gasteiger partial charge in [0.1, 0.15) is 16.7 Å². The molecule has 0 radical (unpaired) electrons. The predicted octanol–water partition coefficient (Wildman–Crippen LogP) is 5.50. The molecule has 2 aromatic carbocycles. The highest BCUT2D eigenvalue weighted by atomic mass is 16.5. The number of carbonyl (C=O) groups is 1. The Balaban J connectivity index is 2.35. The second-order valence-electron chi connectivity index (χ2n) is 9.52. The Hall–Kier alpha value is -2.95. The maximum atomic E-state index is 12.5. The van der Waals surface area contributed by atoms with Crippen LogP contribution in [0.2, 0.25) is 0 Å². The largest absolute Gasteiger partial charge is 0.420 e. The van der Waals surface area contributed by atoms with Crippen LogP contribution in [0.15, 0.2) is 48.6 Å². The Morgan fingerprint density at radius 2 is 1.52 bits per heavy atom. The molecule has 0 bridgehead atoms. The Morgan fingerprint density at radius 1 is 0.966 bits per heavy atom. The molecule has 5 heteroatoms. The summed E-state index contributed by atoms with van der Waals surface area (Å²) in [5, 5.41) is 9.27. The van der Waals surface area contributed by atoms with E-state index in [4.69, 9.17) is 4.74 Å². The van der Waals surface area contributed by atoms with E-state index >= 15 is 0 Å². The third-order valence-electron chi connectivity index (χ3n) is 4.79. The van der Waals surface area contributed by atoms with Crippen molar-refractivity contribution in [2.75, 3.05) is 0 Å². The SMILES string of the molecule is C=C(C)C(=O)Oc1c(-n2nc3ccccc3n2)cc(C(C)(C)C)cc1C(C)(C)C. The molecule has 0 saturated heterocycles. The van der Waals surface area contributed by atoms with Gasteiger partial charge in [-0.25, -0.2) is 4.79 Å². The molecule has 1 heterocycles. The normalized spacial score (nSPS) is 12.2. The summed E-state index contributed by atoms with van der Waals surface area (Å²) >= 11 is 0. The van der Waals surface area contributed by atoms with Gasteiger partial charge in [0.25, 0.3) is 0 Å². The third-order valence-corrected chi connectivity index (χ3v) is 4.79. The molecule has 0 spiro atoms. The summed E-state index contributed by atoms with van der Waals surface area (Å²) in [4.78, 5) is 14.0. The van der Waals surface area contributed by atoms with E-state index in [1.54, 1.807) is 11.7 Å². The van der Waals surface area contributed by atoms with Crippen molar-refractivity contribution < 1.29 is 9.53 Å². The topological polar surface area (TPSA) is 57.0 Å². The molecule has 5 nitrogen and oxygen atoms in total. The van der Waals surface area contributed by atoms with Gasteiger partial charge in [-0.15, -0.1) is 15.0 Å². The van der Waals surface area contributed by atoms with Gasteiger partial charge in [-0.3, -0.25) is 0 Å². The lowest BCUT2D eigenvalue weighted by atomic mass is 9.79. The molecule has 29 heavy (non-hydrogen) atoms. The first-order valence-electron chi connectivity index (χ1n) is 9.77. The average molecular weight is 392 g/mol. The summed E-state index contributed by atoms with van der Waals surface area (Å²) in [7, 11) is 0. The van der Waals surface area contributed by atoms with Crippen molar-refractivity contribution in [3.63, 3.8) is 0 Å². The van der Waals surface area contributed by atoms with Gasteiger partial charge < -0.3 is 4.74 Å². The smallest absolute Gasteiger partial charge is 0.338 e. The first-order chi connectivity index (χ1) is 13.4. The molecule has 0 saturated carbocycles. The van der Waals surface area contributed by atoms with Gasteiger partial charge in [0.15, 0.2) is 5.75 Å². The van der Waals surface area contributed by atoms with Crippen LogP contribution in [0.25, 0.3) is 16.7 Å². The van der Waals surface area contributed by atoms with Crippen LogP contribution in [0, 0.1) is 0 Å². The number of esters is 1. The molecule has 0 unspecified atom stereocenters. The van der Waals surface area contributed by atoms with Gasteiger partial charge in [0.05, 0.1) is 0 Å². The number of hydrogen-bond acceptors (Lipinski definition) is 4. The monoisotopic (exact) mass is 391 g/mol. The molecule has 0 aliphatic rings. The minimum Gasteiger partial charge on any atom is -0.420 e.